The first-order valence-electron chi connectivity index (χ1n) is 20.0. The Kier molecular flexibility index (Phi) is 8.03. The highest BCUT2D eigenvalue weighted by Gasteiger charge is 2.46. The van der Waals surface area contributed by atoms with Crippen molar-refractivity contribution in [3.8, 4) is 22.3 Å². The van der Waals surface area contributed by atoms with E-state index in [9.17, 15) is 0 Å². The number of allylic oxidation sites excluding steroid dienone is 9. The molecule has 3 heteroatoms. The van der Waals surface area contributed by atoms with Gasteiger partial charge in [-0.05, 0) is 125 Å². The first-order valence-corrected chi connectivity index (χ1v) is 20.0. The van der Waals surface area contributed by atoms with Gasteiger partial charge >= 0.3 is 0 Å². The van der Waals surface area contributed by atoms with Crippen LogP contribution in [-0.4, -0.2) is 5.84 Å². The lowest BCUT2D eigenvalue weighted by molar-refractivity contribution is 0.420. The highest BCUT2D eigenvalue weighted by atomic mass is 15.2. The molecule has 0 bridgehead atoms. The van der Waals surface area contributed by atoms with Gasteiger partial charge in [-0.25, -0.2) is 4.99 Å². The van der Waals surface area contributed by atoms with Crippen molar-refractivity contribution in [2.75, 3.05) is 4.90 Å². The van der Waals surface area contributed by atoms with Crippen molar-refractivity contribution >= 4 is 22.9 Å². The summed E-state index contributed by atoms with van der Waals surface area (Å²) < 4.78 is 0. The van der Waals surface area contributed by atoms with Crippen LogP contribution in [0.2, 0.25) is 0 Å². The predicted molar refractivity (Wildman–Crippen MR) is 231 cm³/mol. The van der Waals surface area contributed by atoms with Crippen LogP contribution in [0.1, 0.15) is 96.7 Å². The zero-order chi connectivity index (χ0) is 37.3. The predicted octanol–water partition coefficient (Wildman–Crippen LogP) is 12.9. The van der Waals surface area contributed by atoms with Crippen LogP contribution in [0.15, 0.2) is 162 Å². The third-order valence-electron chi connectivity index (χ3n) is 12.8. The van der Waals surface area contributed by atoms with Crippen molar-refractivity contribution in [3.63, 3.8) is 0 Å². The molecule has 3 nitrogen and oxygen atoms in total. The fraction of sp³-hybridized carbons (Fsp3) is 0.212. The van der Waals surface area contributed by atoms with Gasteiger partial charge in [0.1, 0.15) is 5.84 Å². The Morgan fingerprint density at radius 2 is 1.55 bits per heavy atom. The quantitative estimate of drug-likeness (QED) is 0.141. The van der Waals surface area contributed by atoms with Crippen LogP contribution in [0.3, 0.4) is 0 Å². The monoisotopic (exact) mass is 713 g/mol. The number of fused-ring (bicyclic) bond motifs is 7. The van der Waals surface area contributed by atoms with E-state index in [2.05, 4.69) is 165 Å². The van der Waals surface area contributed by atoms with E-state index >= 15 is 0 Å². The summed E-state index contributed by atoms with van der Waals surface area (Å²) in [7, 11) is 0. The Bertz CT molecular complexity index is 2550. The zero-order valence-electron chi connectivity index (χ0n) is 32.0. The Labute approximate surface area is 325 Å². The summed E-state index contributed by atoms with van der Waals surface area (Å²) in [6.45, 7) is 7.19. The normalized spacial score (nSPS) is 20.1. The summed E-state index contributed by atoms with van der Waals surface area (Å²) in [4.78, 5) is 7.63. The smallest absolute Gasteiger partial charge is 0.131 e. The number of nitrogens with two attached hydrogens (primary N) is 1. The van der Waals surface area contributed by atoms with Gasteiger partial charge in [0.2, 0.25) is 0 Å². The van der Waals surface area contributed by atoms with E-state index in [-0.39, 0.29) is 5.41 Å². The van der Waals surface area contributed by atoms with E-state index in [0.717, 1.165) is 40.9 Å². The van der Waals surface area contributed by atoms with Crippen molar-refractivity contribution in [2.45, 2.75) is 70.1 Å². The Morgan fingerprint density at radius 3 is 2.31 bits per heavy atom. The molecule has 1 heterocycles. The second kappa shape index (κ2) is 13.1. The Hall–Kier alpha value is -5.93. The molecule has 1 saturated carbocycles. The molecular weight excluding hydrogens is 667 g/mol. The average Bonchev–Trinajstić information content (AvgIpc) is 3.65. The van der Waals surface area contributed by atoms with Gasteiger partial charge in [0.25, 0.3) is 0 Å². The van der Waals surface area contributed by atoms with Gasteiger partial charge in [-0.1, -0.05) is 136 Å². The minimum atomic E-state index is -0.190. The van der Waals surface area contributed by atoms with Crippen LogP contribution in [0.25, 0.3) is 28.0 Å². The van der Waals surface area contributed by atoms with Gasteiger partial charge in [-0.3, -0.25) is 0 Å². The van der Waals surface area contributed by atoms with E-state index < -0.39 is 0 Å². The SMILES string of the molecule is Cc1ccc2c(c1-c1ccccc1C1CCC1)-c1ccc3c(c1C2(C)C)N(c1ccc(C(N)=N/C(=C2/C=CC=CC2)c2ccccc2)cc1)C1=CC=CCC13. The van der Waals surface area contributed by atoms with Crippen LogP contribution in [-0.2, 0) is 5.41 Å². The number of amidine groups is 1. The third kappa shape index (κ3) is 5.35. The molecule has 0 radical (unpaired) electrons. The molecule has 270 valence electrons. The summed E-state index contributed by atoms with van der Waals surface area (Å²) in [6, 6.07) is 38.0. The fourth-order valence-electron chi connectivity index (χ4n) is 9.87. The topological polar surface area (TPSA) is 41.6 Å². The number of nitrogens with zero attached hydrogens (tertiary/aromatic N) is 2. The molecule has 0 saturated heterocycles. The van der Waals surface area contributed by atoms with E-state index in [1.165, 1.54) is 80.7 Å². The van der Waals surface area contributed by atoms with Crippen LogP contribution >= 0.6 is 0 Å². The average molecular weight is 714 g/mol. The highest BCUT2D eigenvalue weighted by Crippen LogP contribution is 2.62. The van der Waals surface area contributed by atoms with Crippen molar-refractivity contribution in [1.82, 2.24) is 0 Å². The molecule has 1 unspecified atom stereocenters. The van der Waals surface area contributed by atoms with Crippen LogP contribution in [0, 0.1) is 6.92 Å². The molecule has 5 aromatic rings. The zero-order valence-corrected chi connectivity index (χ0v) is 32.0. The summed E-state index contributed by atoms with van der Waals surface area (Å²) in [5.41, 5.74) is 27.3. The van der Waals surface area contributed by atoms with Gasteiger partial charge in [0.05, 0.1) is 11.4 Å². The minimum Gasteiger partial charge on any atom is -0.383 e. The molecule has 1 atom stereocenters. The molecule has 0 amide bonds. The van der Waals surface area contributed by atoms with Gasteiger partial charge < -0.3 is 10.6 Å². The molecule has 1 fully saturated rings. The molecule has 4 aliphatic carbocycles. The van der Waals surface area contributed by atoms with E-state index in [4.69, 9.17) is 10.7 Å². The third-order valence-corrected chi connectivity index (χ3v) is 12.8. The van der Waals surface area contributed by atoms with Gasteiger partial charge in [0.15, 0.2) is 0 Å². The fourth-order valence-corrected chi connectivity index (χ4v) is 9.87. The molecule has 1 aliphatic heterocycles. The lowest BCUT2D eigenvalue weighted by atomic mass is 9.75. The first kappa shape index (κ1) is 33.6. The van der Waals surface area contributed by atoms with Gasteiger partial charge in [-0.15, -0.1) is 0 Å². The van der Waals surface area contributed by atoms with Gasteiger partial charge in [0, 0.05) is 33.8 Å². The number of rotatable bonds is 6. The van der Waals surface area contributed by atoms with Crippen molar-refractivity contribution in [1.29, 1.82) is 0 Å². The number of aryl methyl sites for hydroxylation is 1. The molecule has 0 spiro atoms. The number of hydrogen-bond donors (Lipinski definition) is 1. The molecule has 55 heavy (non-hydrogen) atoms. The second-order valence-corrected chi connectivity index (χ2v) is 16.4. The molecule has 2 N–H and O–H groups in total. The maximum atomic E-state index is 6.84. The summed E-state index contributed by atoms with van der Waals surface area (Å²) in [5, 5.41) is 0. The standard InChI is InChI=1S/C52H47N3/c1-33-25-32-44-47(46(33)41-23-11-10-21-39(41)34-19-14-20-34)43-31-30-42-40-22-12-13-24-45(40)55(50(42)48(43)52(44,2)3)38-28-26-37(27-29-38)51(53)54-49(35-15-6-4-7-16-35)36-17-8-5-9-18-36/h4-13,15-17,21,23-32,34,40H,14,18-20,22H2,1-3H3,(H2,53,54)/b49-36-. The molecular formula is C52H47N3. The van der Waals surface area contributed by atoms with Gasteiger partial charge in [-0.2, -0.15) is 0 Å². The molecule has 10 rings (SSSR count). The summed E-state index contributed by atoms with van der Waals surface area (Å²) in [5.74, 6) is 1.49. The van der Waals surface area contributed by atoms with E-state index in [1.807, 2.05) is 6.07 Å². The number of benzene rings is 5. The minimum absolute atomic E-state index is 0.190. The second-order valence-electron chi connectivity index (χ2n) is 16.4. The molecule has 5 aromatic carbocycles. The maximum absolute atomic E-state index is 6.84. The lowest BCUT2D eigenvalue weighted by Gasteiger charge is -2.30. The van der Waals surface area contributed by atoms with Crippen LogP contribution in [0.4, 0.5) is 11.4 Å². The number of aliphatic imine (C=N–C) groups is 1. The molecule has 5 aliphatic rings. The summed E-state index contributed by atoms with van der Waals surface area (Å²) >= 11 is 0. The number of anilines is 2. The largest absolute Gasteiger partial charge is 0.383 e. The molecule has 0 aromatic heterocycles. The van der Waals surface area contributed by atoms with Crippen LogP contribution in [0.5, 0.6) is 0 Å². The number of hydrogen-bond acceptors (Lipinski definition) is 2. The highest BCUT2D eigenvalue weighted by molar-refractivity contribution is 6.02. The summed E-state index contributed by atoms with van der Waals surface area (Å²) in [6.07, 6.45) is 21.1. The van der Waals surface area contributed by atoms with Crippen molar-refractivity contribution in [2.24, 2.45) is 10.7 Å². The Balaban J connectivity index is 1.10. The first-order chi connectivity index (χ1) is 26.9. The van der Waals surface area contributed by atoms with E-state index in [1.54, 1.807) is 0 Å². The lowest BCUT2D eigenvalue weighted by Crippen LogP contribution is -2.21. The van der Waals surface area contributed by atoms with Crippen molar-refractivity contribution in [3.05, 3.63) is 196 Å². The van der Waals surface area contributed by atoms with Crippen molar-refractivity contribution < 1.29 is 0 Å². The maximum Gasteiger partial charge on any atom is 0.131 e. The Morgan fingerprint density at radius 1 is 0.745 bits per heavy atom. The van der Waals surface area contributed by atoms with Crippen LogP contribution < -0.4 is 10.6 Å². The van der Waals surface area contributed by atoms with E-state index in [0.29, 0.717) is 17.7 Å².